The van der Waals surface area contributed by atoms with Gasteiger partial charge in [0.25, 0.3) is 5.91 Å². The molecule has 0 unspecified atom stereocenters. The Hall–Kier alpha value is -2.24. The zero-order valence-corrected chi connectivity index (χ0v) is 17.9. The van der Waals surface area contributed by atoms with Gasteiger partial charge in [-0.15, -0.1) is 0 Å². The molecule has 0 bridgehead atoms. The van der Waals surface area contributed by atoms with Crippen LogP contribution in [0.5, 0.6) is 5.75 Å². The average Bonchev–Trinajstić information content (AvgIpc) is 2.72. The third-order valence-electron chi connectivity index (χ3n) is 4.98. The van der Waals surface area contributed by atoms with Crippen LogP contribution in [0.1, 0.15) is 17.5 Å². The van der Waals surface area contributed by atoms with Crippen molar-refractivity contribution in [2.75, 3.05) is 32.8 Å². The zero-order chi connectivity index (χ0) is 20.8. The number of carbonyl (C=O) groups is 2. The molecular weight excluding hydrogens is 411 g/mol. The zero-order valence-electron chi connectivity index (χ0n) is 16.4. The van der Waals surface area contributed by atoms with Gasteiger partial charge in [-0.2, -0.15) is 0 Å². The Kier molecular flexibility index (Phi) is 7.40. The molecule has 1 heterocycles. The second-order valence-corrected chi connectivity index (χ2v) is 7.95. The summed E-state index contributed by atoms with van der Waals surface area (Å²) in [5.41, 5.74) is 2.37. The monoisotopic (exact) mass is 434 g/mol. The molecule has 2 aromatic rings. The highest BCUT2D eigenvalue weighted by molar-refractivity contribution is 6.35. The summed E-state index contributed by atoms with van der Waals surface area (Å²) < 4.78 is 5.51. The molecule has 0 aliphatic carbocycles. The number of benzene rings is 2. The summed E-state index contributed by atoms with van der Waals surface area (Å²) in [5.74, 6) is 0.430. The third kappa shape index (κ3) is 6.12. The summed E-state index contributed by atoms with van der Waals surface area (Å²) in [4.78, 5) is 28.4. The first-order chi connectivity index (χ1) is 13.9. The SMILES string of the molecule is Cc1ccc(CCC(=O)N2CCN(C(=O)COc3ccc(Cl)cc3Cl)CC2)cc1. The lowest BCUT2D eigenvalue weighted by Crippen LogP contribution is -2.51. The van der Waals surface area contributed by atoms with E-state index in [1.165, 1.54) is 5.56 Å². The van der Waals surface area contributed by atoms with Crippen LogP contribution in [-0.4, -0.2) is 54.4 Å². The minimum Gasteiger partial charge on any atom is -0.482 e. The number of halogens is 2. The Bertz CT molecular complexity index is 863. The molecule has 7 heteroatoms. The molecule has 1 fully saturated rings. The quantitative estimate of drug-likeness (QED) is 0.690. The smallest absolute Gasteiger partial charge is 0.260 e. The highest BCUT2D eigenvalue weighted by atomic mass is 35.5. The first-order valence-corrected chi connectivity index (χ1v) is 10.4. The third-order valence-corrected chi connectivity index (χ3v) is 5.51. The number of hydrogen-bond acceptors (Lipinski definition) is 3. The predicted molar refractivity (Wildman–Crippen MR) is 115 cm³/mol. The number of aryl methyl sites for hydroxylation is 2. The highest BCUT2D eigenvalue weighted by Crippen LogP contribution is 2.27. The number of piperazine rings is 1. The molecule has 0 saturated carbocycles. The van der Waals surface area contributed by atoms with Crippen LogP contribution in [-0.2, 0) is 16.0 Å². The van der Waals surface area contributed by atoms with Crippen LogP contribution in [0.2, 0.25) is 10.0 Å². The molecule has 0 N–H and O–H groups in total. The van der Waals surface area contributed by atoms with Crippen LogP contribution in [0.4, 0.5) is 0 Å². The first kappa shape index (κ1) is 21.5. The molecule has 29 heavy (non-hydrogen) atoms. The Balaban J connectivity index is 1.41. The summed E-state index contributed by atoms with van der Waals surface area (Å²) in [7, 11) is 0. The lowest BCUT2D eigenvalue weighted by atomic mass is 10.1. The molecule has 5 nitrogen and oxygen atoms in total. The van der Waals surface area contributed by atoms with E-state index in [4.69, 9.17) is 27.9 Å². The van der Waals surface area contributed by atoms with Crippen molar-refractivity contribution in [2.45, 2.75) is 19.8 Å². The number of carbonyl (C=O) groups excluding carboxylic acids is 2. The van der Waals surface area contributed by atoms with Gasteiger partial charge in [-0.1, -0.05) is 53.0 Å². The van der Waals surface area contributed by atoms with Gasteiger partial charge in [-0.3, -0.25) is 9.59 Å². The molecule has 1 saturated heterocycles. The van der Waals surface area contributed by atoms with Crippen molar-refractivity contribution in [3.8, 4) is 5.75 Å². The number of nitrogens with zero attached hydrogens (tertiary/aromatic N) is 2. The van der Waals surface area contributed by atoms with Gasteiger partial charge in [-0.25, -0.2) is 0 Å². The fourth-order valence-electron chi connectivity index (χ4n) is 3.19. The summed E-state index contributed by atoms with van der Waals surface area (Å²) >= 11 is 11.9. The molecule has 0 spiro atoms. The standard InChI is InChI=1S/C22H24Cl2N2O3/c1-16-2-4-17(5-3-16)6-9-21(27)25-10-12-26(13-11-25)22(28)15-29-20-8-7-18(23)14-19(20)24/h2-5,7-8,14H,6,9-13,15H2,1H3. The molecule has 0 radical (unpaired) electrons. The lowest BCUT2D eigenvalue weighted by Gasteiger charge is -2.34. The summed E-state index contributed by atoms with van der Waals surface area (Å²) in [6.07, 6.45) is 1.21. The van der Waals surface area contributed by atoms with Gasteiger partial charge in [0, 0.05) is 37.6 Å². The molecule has 1 aliphatic heterocycles. The Morgan fingerprint density at radius 1 is 0.931 bits per heavy atom. The molecule has 154 valence electrons. The number of rotatable bonds is 6. The van der Waals surface area contributed by atoms with Crippen LogP contribution in [0, 0.1) is 6.92 Å². The molecule has 2 amide bonds. The van der Waals surface area contributed by atoms with Crippen LogP contribution >= 0.6 is 23.2 Å². The fraction of sp³-hybridized carbons (Fsp3) is 0.364. The minimum atomic E-state index is -0.122. The van der Waals surface area contributed by atoms with Gasteiger partial charge in [0.05, 0.1) is 5.02 Å². The van der Waals surface area contributed by atoms with E-state index in [2.05, 4.69) is 24.3 Å². The van der Waals surface area contributed by atoms with Crippen molar-refractivity contribution in [2.24, 2.45) is 0 Å². The topological polar surface area (TPSA) is 49.9 Å². The van der Waals surface area contributed by atoms with Gasteiger partial charge in [0.1, 0.15) is 5.75 Å². The van der Waals surface area contributed by atoms with E-state index in [-0.39, 0.29) is 18.4 Å². The van der Waals surface area contributed by atoms with Crippen molar-refractivity contribution in [1.82, 2.24) is 9.80 Å². The second kappa shape index (κ2) is 9.99. The average molecular weight is 435 g/mol. The van der Waals surface area contributed by atoms with Crippen molar-refractivity contribution >= 4 is 35.0 Å². The molecular formula is C22H24Cl2N2O3. The van der Waals surface area contributed by atoms with E-state index in [1.54, 1.807) is 23.1 Å². The summed E-state index contributed by atoms with van der Waals surface area (Å²) in [6, 6.07) is 13.1. The lowest BCUT2D eigenvalue weighted by molar-refractivity contribution is -0.140. The van der Waals surface area contributed by atoms with Crippen molar-refractivity contribution in [3.05, 3.63) is 63.6 Å². The summed E-state index contributed by atoms with van der Waals surface area (Å²) in [5, 5.41) is 0.881. The number of ether oxygens (including phenoxy) is 1. The molecule has 3 rings (SSSR count). The van der Waals surface area contributed by atoms with Crippen LogP contribution in [0.3, 0.4) is 0 Å². The maximum Gasteiger partial charge on any atom is 0.260 e. The number of hydrogen-bond donors (Lipinski definition) is 0. The van der Waals surface area contributed by atoms with Gasteiger partial charge < -0.3 is 14.5 Å². The van der Waals surface area contributed by atoms with Gasteiger partial charge >= 0.3 is 0 Å². The number of amides is 2. The second-order valence-electron chi connectivity index (χ2n) is 7.11. The molecule has 2 aromatic carbocycles. The normalized spacial score (nSPS) is 14.0. The van der Waals surface area contributed by atoms with Crippen LogP contribution in [0.15, 0.2) is 42.5 Å². The van der Waals surface area contributed by atoms with Crippen LogP contribution < -0.4 is 4.74 Å². The maximum absolute atomic E-state index is 12.5. The van der Waals surface area contributed by atoms with Gasteiger partial charge in [0.2, 0.25) is 5.91 Å². The van der Waals surface area contributed by atoms with E-state index in [0.29, 0.717) is 48.4 Å². The molecule has 0 aromatic heterocycles. The van der Waals surface area contributed by atoms with Crippen LogP contribution in [0.25, 0.3) is 0 Å². The van der Waals surface area contributed by atoms with E-state index in [1.807, 2.05) is 11.8 Å². The van der Waals surface area contributed by atoms with E-state index in [9.17, 15) is 9.59 Å². The highest BCUT2D eigenvalue weighted by Gasteiger charge is 2.24. The van der Waals surface area contributed by atoms with Crippen molar-refractivity contribution < 1.29 is 14.3 Å². The van der Waals surface area contributed by atoms with E-state index in [0.717, 1.165) is 12.0 Å². The van der Waals surface area contributed by atoms with E-state index >= 15 is 0 Å². The predicted octanol–water partition coefficient (Wildman–Crippen LogP) is 3.98. The van der Waals surface area contributed by atoms with E-state index < -0.39 is 0 Å². The largest absolute Gasteiger partial charge is 0.482 e. The van der Waals surface area contributed by atoms with Crippen molar-refractivity contribution in [3.63, 3.8) is 0 Å². The van der Waals surface area contributed by atoms with Gasteiger partial charge in [-0.05, 0) is 37.1 Å². The fourth-order valence-corrected chi connectivity index (χ4v) is 3.66. The minimum absolute atomic E-state index is 0.0945. The Morgan fingerprint density at radius 2 is 1.55 bits per heavy atom. The first-order valence-electron chi connectivity index (χ1n) is 9.61. The summed E-state index contributed by atoms with van der Waals surface area (Å²) in [6.45, 7) is 4.05. The Morgan fingerprint density at radius 3 is 2.17 bits per heavy atom. The van der Waals surface area contributed by atoms with Crippen molar-refractivity contribution in [1.29, 1.82) is 0 Å². The van der Waals surface area contributed by atoms with Gasteiger partial charge in [0.15, 0.2) is 6.61 Å². The molecule has 1 aliphatic rings. The maximum atomic E-state index is 12.5. The Labute approximate surface area is 181 Å². The molecule has 0 atom stereocenters.